The van der Waals surface area contributed by atoms with Crippen molar-refractivity contribution in [2.24, 2.45) is 23.7 Å². The highest BCUT2D eigenvalue weighted by Gasteiger charge is 2.35. The summed E-state index contributed by atoms with van der Waals surface area (Å²) in [6, 6.07) is 17.4. The van der Waals surface area contributed by atoms with Gasteiger partial charge in [-0.3, -0.25) is 30.0 Å². The summed E-state index contributed by atoms with van der Waals surface area (Å²) in [4.78, 5) is 43.1. The summed E-state index contributed by atoms with van der Waals surface area (Å²) in [7, 11) is 0. The molecule has 8 heteroatoms. The molecule has 0 aliphatic heterocycles. The largest absolute Gasteiger partial charge is 0.361 e. The van der Waals surface area contributed by atoms with Crippen molar-refractivity contribution in [1.82, 2.24) is 20.9 Å². The number of allylic oxidation sites excluding steroid dienone is 1. The molecule has 0 aliphatic carbocycles. The van der Waals surface area contributed by atoms with Gasteiger partial charge in [0.1, 0.15) is 0 Å². The van der Waals surface area contributed by atoms with Gasteiger partial charge in [-0.2, -0.15) is 0 Å². The van der Waals surface area contributed by atoms with Gasteiger partial charge in [0.25, 0.3) is 0 Å². The Kier molecular flexibility index (Phi) is 10.9. The van der Waals surface area contributed by atoms with E-state index in [1.54, 1.807) is 5.48 Å². The molecule has 3 aromatic rings. The van der Waals surface area contributed by atoms with Crippen LogP contribution in [-0.4, -0.2) is 39.5 Å². The Morgan fingerprint density at radius 2 is 1.62 bits per heavy atom. The van der Waals surface area contributed by atoms with Crippen LogP contribution in [0.15, 0.2) is 66.9 Å². The molecule has 0 unspecified atom stereocenters. The van der Waals surface area contributed by atoms with Crippen LogP contribution in [0.4, 0.5) is 0 Å². The molecule has 0 aliphatic rings. The van der Waals surface area contributed by atoms with E-state index in [1.165, 1.54) is 5.01 Å². The Bertz CT molecular complexity index is 1270. The highest BCUT2D eigenvalue weighted by molar-refractivity contribution is 5.91. The summed E-state index contributed by atoms with van der Waals surface area (Å²) >= 11 is 0. The standard InChI is InChI=1S/C31H40N4O4/c1-21(2)17-27(26(31(38)34-39)15-10-13-23-11-6-5-7-12-23)30(37)33-35(20-22(3)4)29(36)18-24-19-32-28-16-9-8-14-25(24)28/h5-14,16,19,21-22,26-27,32,39H,15,17-18,20H2,1-4H3,(H,33,37)(H,34,38)/t26-,27+/m0/s1. The molecular weight excluding hydrogens is 492 g/mol. The minimum atomic E-state index is -0.818. The molecule has 3 rings (SSSR count). The van der Waals surface area contributed by atoms with Crippen molar-refractivity contribution in [2.45, 2.75) is 47.0 Å². The van der Waals surface area contributed by atoms with Crippen molar-refractivity contribution < 1.29 is 19.6 Å². The number of H-pyrrole nitrogens is 1. The van der Waals surface area contributed by atoms with Crippen LogP contribution in [-0.2, 0) is 20.8 Å². The number of fused-ring (bicyclic) bond motifs is 1. The number of para-hydroxylation sites is 1. The van der Waals surface area contributed by atoms with Gasteiger partial charge in [-0.1, -0.05) is 88.4 Å². The van der Waals surface area contributed by atoms with Crippen molar-refractivity contribution in [2.75, 3.05) is 6.54 Å². The predicted molar refractivity (Wildman–Crippen MR) is 153 cm³/mol. The summed E-state index contributed by atoms with van der Waals surface area (Å²) in [5.74, 6) is -2.65. The lowest BCUT2D eigenvalue weighted by molar-refractivity contribution is -0.147. The minimum absolute atomic E-state index is 0.103. The molecule has 0 fully saturated rings. The fraction of sp³-hybridized carbons (Fsp3) is 0.387. The molecule has 1 aromatic heterocycles. The van der Waals surface area contributed by atoms with Gasteiger partial charge in [0.05, 0.1) is 18.3 Å². The molecule has 0 bridgehead atoms. The van der Waals surface area contributed by atoms with Crippen molar-refractivity contribution in [3.63, 3.8) is 0 Å². The number of carbonyl (C=O) groups excluding carboxylic acids is 3. The van der Waals surface area contributed by atoms with Crippen molar-refractivity contribution in [3.8, 4) is 0 Å². The molecule has 2 aromatic carbocycles. The highest BCUT2D eigenvalue weighted by atomic mass is 16.5. The zero-order valence-corrected chi connectivity index (χ0v) is 23.2. The van der Waals surface area contributed by atoms with E-state index in [0.717, 1.165) is 22.0 Å². The van der Waals surface area contributed by atoms with Crippen molar-refractivity contribution in [3.05, 3.63) is 78.0 Å². The summed E-state index contributed by atoms with van der Waals surface area (Å²) in [5, 5.41) is 11.8. The average molecular weight is 533 g/mol. The van der Waals surface area contributed by atoms with Gasteiger partial charge >= 0.3 is 0 Å². The second-order valence-electron chi connectivity index (χ2n) is 10.8. The number of amides is 3. The van der Waals surface area contributed by atoms with Crippen LogP contribution in [0.3, 0.4) is 0 Å². The molecular formula is C31H40N4O4. The third kappa shape index (κ3) is 8.55. The molecule has 0 radical (unpaired) electrons. The van der Waals surface area contributed by atoms with Gasteiger partial charge in [-0.15, -0.1) is 0 Å². The number of hydroxylamine groups is 1. The van der Waals surface area contributed by atoms with Crippen LogP contribution in [0.5, 0.6) is 0 Å². The van der Waals surface area contributed by atoms with E-state index in [4.69, 9.17) is 0 Å². The Hall–Kier alpha value is -3.91. The molecule has 0 spiro atoms. The maximum Gasteiger partial charge on any atom is 0.247 e. The van der Waals surface area contributed by atoms with Crippen LogP contribution >= 0.6 is 0 Å². The lowest BCUT2D eigenvalue weighted by atomic mass is 9.82. The normalized spacial score (nSPS) is 13.1. The molecule has 4 N–H and O–H groups in total. The Balaban J connectivity index is 1.81. The van der Waals surface area contributed by atoms with E-state index in [2.05, 4.69) is 10.4 Å². The fourth-order valence-corrected chi connectivity index (χ4v) is 4.74. The van der Waals surface area contributed by atoms with E-state index in [9.17, 15) is 19.6 Å². The number of hydrazine groups is 1. The van der Waals surface area contributed by atoms with Crippen LogP contribution in [0.1, 0.15) is 51.7 Å². The van der Waals surface area contributed by atoms with E-state index in [1.807, 2.05) is 101 Å². The van der Waals surface area contributed by atoms with E-state index in [0.29, 0.717) is 13.0 Å². The SMILES string of the molecule is CC(C)C[C@@H](C(=O)NN(CC(C)C)C(=O)Cc1c[nH]c2ccccc12)[C@H](CC=Cc1ccccc1)C(=O)NO. The quantitative estimate of drug-likeness (QED) is 0.192. The number of hydrogen-bond acceptors (Lipinski definition) is 4. The number of aromatic nitrogens is 1. The maximum absolute atomic E-state index is 13.7. The van der Waals surface area contributed by atoms with Gasteiger partial charge in [0.15, 0.2) is 0 Å². The number of aromatic amines is 1. The summed E-state index contributed by atoms with van der Waals surface area (Å²) in [5.41, 5.74) is 7.33. The van der Waals surface area contributed by atoms with Crippen LogP contribution in [0, 0.1) is 23.7 Å². The molecule has 0 saturated heterocycles. The maximum atomic E-state index is 13.7. The van der Waals surface area contributed by atoms with Gasteiger partial charge in [-0.25, -0.2) is 5.48 Å². The smallest absolute Gasteiger partial charge is 0.247 e. The second kappa shape index (κ2) is 14.3. The first-order chi connectivity index (χ1) is 18.7. The molecule has 8 nitrogen and oxygen atoms in total. The number of rotatable bonds is 12. The monoisotopic (exact) mass is 532 g/mol. The summed E-state index contributed by atoms with van der Waals surface area (Å²) < 4.78 is 0. The number of nitrogens with zero attached hydrogens (tertiary/aromatic N) is 1. The summed E-state index contributed by atoms with van der Waals surface area (Å²) in [6.07, 6.45) is 6.32. The van der Waals surface area contributed by atoms with E-state index >= 15 is 0 Å². The Morgan fingerprint density at radius 3 is 2.28 bits per heavy atom. The second-order valence-corrected chi connectivity index (χ2v) is 10.8. The molecule has 1 heterocycles. The number of hydrogen-bond donors (Lipinski definition) is 4. The van der Waals surface area contributed by atoms with Crippen LogP contribution in [0.2, 0.25) is 0 Å². The van der Waals surface area contributed by atoms with E-state index in [-0.39, 0.29) is 30.6 Å². The zero-order valence-electron chi connectivity index (χ0n) is 23.2. The topological polar surface area (TPSA) is 115 Å². The number of nitrogens with one attached hydrogen (secondary N) is 3. The molecule has 208 valence electrons. The molecule has 2 atom stereocenters. The predicted octanol–water partition coefficient (Wildman–Crippen LogP) is 5.11. The van der Waals surface area contributed by atoms with Crippen LogP contribution < -0.4 is 10.9 Å². The lowest BCUT2D eigenvalue weighted by Crippen LogP contribution is -2.52. The van der Waals surface area contributed by atoms with Gasteiger partial charge < -0.3 is 4.98 Å². The molecule has 3 amide bonds. The summed E-state index contributed by atoms with van der Waals surface area (Å²) in [6.45, 7) is 8.22. The fourth-order valence-electron chi connectivity index (χ4n) is 4.74. The van der Waals surface area contributed by atoms with Gasteiger partial charge in [-0.05, 0) is 41.9 Å². The first kappa shape index (κ1) is 29.6. The first-order valence-corrected chi connectivity index (χ1v) is 13.5. The van der Waals surface area contributed by atoms with Crippen molar-refractivity contribution in [1.29, 1.82) is 0 Å². The minimum Gasteiger partial charge on any atom is -0.361 e. The third-order valence-electron chi connectivity index (χ3n) is 6.61. The molecule has 39 heavy (non-hydrogen) atoms. The van der Waals surface area contributed by atoms with E-state index < -0.39 is 23.7 Å². The molecule has 0 saturated carbocycles. The van der Waals surface area contributed by atoms with Crippen LogP contribution in [0.25, 0.3) is 17.0 Å². The lowest BCUT2D eigenvalue weighted by Gasteiger charge is -2.30. The van der Waals surface area contributed by atoms with Gasteiger partial charge in [0, 0.05) is 23.6 Å². The average Bonchev–Trinajstić information content (AvgIpc) is 3.32. The Morgan fingerprint density at radius 1 is 0.923 bits per heavy atom. The van der Waals surface area contributed by atoms with Gasteiger partial charge in [0.2, 0.25) is 17.7 Å². The number of carbonyl (C=O) groups is 3. The third-order valence-corrected chi connectivity index (χ3v) is 6.61. The highest BCUT2D eigenvalue weighted by Crippen LogP contribution is 2.26. The zero-order chi connectivity index (χ0) is 28.4. The Labute approximate surface area is 230 Å². The van der Waals surface area contributed by atoms with Crippen molar-refractivity contribution >= 4 is 34.7 Å². The number of benzene rings is 2. The first-order valence-electron chi connectivity index (χ1n) is 13.5.